The molecular formula is C18H21N3O3. The quantitative estimate of drug-likeness (QED) is 0.840. The summed E-state index contributed by atoms with van der Waals surface area (Å²) >= 11 is 0. The van der Waals surface area contributed by atoms with Crippen LogP contribution in [0.3, 0.4) is 0 Å². The van der Waals surface area contributed by atoms with Gasteiger partial charge in [0.2, 0.25) is 17.7 Å². The predicted molar refractivity (Wildman–Crippen MR) is 89.1 cm³/mol. The molecule has 0 spiro atoms. The molecule has 1 atom stereocenters. The molecule has 2 heterocycles. The van der Waals surface area contributed by atoms with E-state index in [1.807, 2.05) is 30.0 Å². The van der Waals surface area contributed by atoms with E-state index in [1.54, 1.807) is 19.2 Å². The van der Waals surface area contributed by atoms with Gasteiger partial charge in [0, 0.05) is 25.1 Å². The molecule has 6 nitrogen and oxygen atoms in total. The lowest BCUT2D eigenvalue weighted by Crippen LogP contribution is -2.32. The molecule has 0 bridgehead atoms. The van der Waals surface area contributed by atoms with E-state index in [2.05, 4.69) is 16.3 Å². The van der Waals surface area contributed by atoms with E-state index >= 15 is 0 Å². The number of aryl methyl sites for hydroxylation is 1. The molecule has 0 aliphatic carbocycles. The van der Waals surface area contributed by atoms with E-state index in [0.717, 1.165) is 12.0 Å². The van der Waals surface area contributed by atoms with Gasteiger partial charge >= 0.3 is 0 Å². The fraction of sp³-hybridized carbons (Fsp3) is 0.389. The molecule has 3 rings (SSSR count). The number of benzene rings is 1. The first-order chi connectivity index (χ1) is 11.6. The van der Waals surface area contributed by atoms with Crippen LogP contribution in [0.5, 0.6) is 11.8 Å². The van der Waals surface area contributed by atoms with Crippen LogP contribution in [0.2, 0.25) is 0 Å². The van der Waals surface area contributed by atoms with Crippen molar-refractivity contribution in [3.05, 3.63) is 47.5 Å². The molecule has 0 N–H and O–H groups in total. The van der Waals surface area contributed by atoms with Crippen LogP contribution in [0.15, 0.2) is 36.4 Å². The van der Waals surface area contributed by atoms with Crippen LogP contribution in [0.1, 0.15) is 17.5 Å². The topological polar surface area (TPSA) is 64.6 Å². The number of amides is 1. The molecule has 1 aliphatic heterocycles. The predicted octanol–water partition coefficient (Wildman–Crippen LogP) is 2.02. The SMILES string of the molecule is COc1ccc(OC2CCN(C(=O)Cc3cccc(C)c3)C2)nn1. The lowest BCUT2D eigenvalue weighted by molar-refractivity contribution is -0.129. The Balaban J connectivity index is 1.53. The average molecular weight is 327 g/mol. The van der Waals surface area contributed by atoms with Crippen molar-refractivity contribution >= 4 is 5.91 Å². The third-order valence-corrected chi connectivity index (χ3v) is 4.05. The average Bonchev–Trinajstić information content (AvgIpc) is 3.04. The van der Waals surface area contributed by atoms with Crippen molar-refractivity contribution in [2.24, 2.45) is 0 Å². The van der Waals surface area contributed by atoms with Crippen molar-refractivity contribution < 1.29 is 14.3 Å². The summed E-state index contributed by atoms with van der Waals surface area (Å²) in [4.78, 5) is 14.3. The lowest BCUT2D eigenvalue weighted by Gasteiger charge is -2.17. The summed E-state index contributed by atoms with van der Waals surface area (Å²) in [5, 5.41) is 7.84. The van der Waals surface area contributed by atoms with Crippen molar-refractivity contribution in [2.75, 3.05) is 20.2 Å². The molecule has 1 aromatic heterocycles. The highest BCUT2D eigenvalue weighted by Crippen LogP contribution is 2.18. The second kappa shape index (κ2) is 7.29. The minimum absolute atomic E-state index is 0.0471. The fourth-order valence-electron chi connectivity index (χ4n) is 2.81. The number of carbonyl (C=O) groups is 1. The first-order valence-electron chi connectivity index (χ1n) is 8.02. The van der Waals surface area contributed by atoms with Crippen LogP contribution in [0, 0.1) is 6.92 Å². The van der Waals surface area contributed by atoms with Crippen molar-refractivity contribution in [3.8, 4) is 11.8 Å². The molecule has 0 saturated carbocycles. The van der Waals surface area contributed by atoms with Gasteiger partial charge in [0.25, 0.3) is 0 Å². The Hall–Kier alpha value is -2.63. The summed E-state index contributed by atoms with van der Waals surface area (Å²) in [5.74, 6) is 1.03. The van der Waals surface area contributed by atoms with Gasteiger partial charge < -0.3 is 14.4 Å². The van der Waals surface area contributed by atoms with Crippen LogP contribution < -0.4 is 9.47 Å². The van der Waals surface area contributed by atoms with Gasteiger partial charge in [0.15, 0.2) is 0 Å². The maximum atomic E-state index is 12.4. The number of likely N-dealkylation sites (tertiary alicyclic amines) is 1. The molecule has 1 aliphatic rings. The molecule has 126 valence electrons. The van der Waals surface area contributed by atoms with Crippen LogP contribution in [-0.2, 0) is 11.2 Å². The molecule has 1 saturated heterocycles. The maximum Gasteiger partial charge on any atom is 0.233 e. The summed E-state index contributed by atoms with van der Waals surface area (Å²) in [6.07, 6.45) is 1.18. The zero-order valence-corrected chi connectivity index (χ0v) is 13.9. The summed E-state index contributed by atoms with van der Waals surface area (Å²) in [7, 11) is 1.54. The minimum atomic E-state index is -0.0471. The third kappa shape index (κ3) is 4.01. The highest BCUT2D eigenvalue weighted by atomic mass is 16.5. The number of hydrogen-bond acceptors (Lipinski definition) is 5. The van der Waals surface area contributed by atoms with Crippen molar-refractivity contribution in [1.29, 1.82) is 0 Å². The zero-order valence-electron chi connectivity index (χ0n) is 13.9. The van der Waals surface area contributed by atoms with E-state index in [1.165, 1.54) is 5.56 Å². The van der Waals surface area contributed by atoms with Gasteiger partial charge in [0.05, 0.1) is 20.1 Å². The monoisotopic (exact) mass is 327 g/mol. The molecular weight excluding hydrogens is 306 g/mol. The first kappa shape index (κ1) is 16.2. The number of aromatic nitrogens is 2. The number of carbonyl (C=O) groups excluding carboxylic acids is 1. The second-order valence-corrected chi connectivity index (χ2v) is 5.95. The van der Waals surface area contributed by atoms with E-state index in [0.29, 0.717) is 31.3 Å². The third-order valence-electron chi connectivity index (χ3n) is 4.05. The number of hydrogen-bond donors (Lipinski definition) is 0. The molecule has 1 fully saturated rings. The molecule has 6 heteroatoms. The normalized spacial score (nSPS) is 16.9. The summed E-state index contributed by atoms with van der Waals surface area (Å²) in [6.45, 7) is 3.32. The van der Waals surface area contributed by atoms with Crippen molar-refractivity contribution in [2.45, 2.75) is 25.9 Å². The Bertz CT molecular complexity index is 703. The first-order valence-corrected chi connectivity index (χ1v) is 8.02. The summed E-state index contributed by atoms with van der Waals surface area (Å²) in [6, 6.07) is 11.5. The molecule has 1 aromatic carbocycles. The van der Waals surface area contributed by atoms with Crippen molar-refractivity contribution in [3.63, 3.8) is 0 Å². The van der Waals surface area contributed by atoms with Gasteiger partial charge in [-0.2, -0.15) is 0 Å². The highest BCUT2D eigenvalue weighted by molar-refractivity contribution is 5.79. The summed E-state index contributed by atoms with van der Waals surface area (Å²) < 4.78 is 10.8. The van der Waals surface area contributed by atoms with Crippen LogP contribution in [-0.4, -0.2) is 47.3 Å². The van der Waals surface area contributed by atoms with Gasteiger partial charge in [0.1, 0.15) is 6.10 Å². The van der Waals surface area contributed by atoms with E-state index in [4.69, 9.17) is 9.47 Å². The fourth-order valence-corrected chi connectivity index (χ4v) is 2.81. The van der Waals surface area contributed by atoms with E-state index in [9.17, 15) is 4.79 Å². The molecule has 1 unspecified atom stereocenters. The van der Waals surface area contributed by atoms with Gasteiger partial charge in [-0.3, -0.25) is 4.79 Å². The standard InChI is InChI=1S/C18H21N3O3/c1-13-4-3-5-14(10-13)11-18(22)21-9-8-15(12-21)24-17-7-6-16(23-2)19-20-17/h3-7,10,15H,8-9,11-12H2,1-2H3. The Kier molecular flexibility index (Phi) is 4.93. The van der Waals surface area contributed by atoms with Gasteiger partial charge in [-0.15, -0.1) is 10.2 Å². The second-order valence-electron chi connectivity index (χ2n) is 5.95. The Morgan fingerprint density at radius 1 is 1.25 bits per heavy atom. The Morgan fingerprint density at radius 2 is 2.04 bits per heavy atom. The smallest absolute Gasteiger partial charge is 0.233 e. The molecule has 24 heavy (non-hydrogen) atoms. The van der Waals surface area contributed by atoms with Crippen LogP contribution in [0.4, 0.5) is 0 Å². The van der Waals surface area contributed by atoms with Crippen LogP contribution in [0.25, 0.3) is 0 Å². The number of methoxy groups -OCH3 is 1. The minimum Gasteiger partial charge on any atom is -0.480 e. The van der Waals surface area contributed by atoms with Gasteiger partial charge in [-0.05, 0) is 12.5 Å². The molecule has 2 aromatic rings. The number of nitrogens with zero attached hydrogens (tertiary/aromatic N) is 3. The van der Waals surface area contributed by atoms with Gasteiger partial charge in [-0.25, -0.2) is 0 Å². The van der Waals surface area contributed by atoms with E-state index in [-0.39, 0.29) is 12.0 Å². The summed E-state index contributed by atoms with van der Waals surface area (Å²) in [5.41, 5.74) is 2.21. The highest BCUT2D eigenvalue weighted by Gasteiger charge is 2.27. The Labute approximate surface area is 141 Å². The number of ether oxygens (including phenoxy) is 2. The molecule has 1 amide bonds. The van der Waals surface area contributed by atoms with Crippen LogP contribution >= 0.6 is 0 Å². The van der Waals surface area contributed by atoms with E-state index < -0.39 is 0 Å². The number of rotatable bonds is 5. The van der Waals surface area contributed by atoms with Gasteiger partial charge in [-0.1, -0.05) is 29.8 Å². The van der Waals surface area contributed by atoms with Crippen molar-refractivity contribution in [1.82, 2.24) is 15.1 Å². The largest absolute Gasteiger partial charge is 0.480 e. The Morgan fingerprint density at radius 3 is 2.75 bits per heavy atom. The zero-order chi connectivity index (χ0) is 16.9. The molecule has 0 radical (unpaired) electrons. The maximum absolute atomic E-state index is 12.4. The lowest BCUT2D eigenvalue weighted by atomic mass is 10.1.